The Labute approximate surface area is 64.6 Å². The summed E-state index contributed by atoms with van der Waals surface area (Å²) in [6.07, 6.45) is 3.64. The van der Waals surface area contributed by atoms with Crippen LogP contribution < -0.4 is 0 Å². The summed E-state index contributed by atoms with van der Waals surface area (Å²) in [5, 5.41) is 7.96. The zero-order chi connectivity index (χ0) is 7.68. The molecule has 0 aliphatic heterocycles. The molecule has 2 heteroatoms. The number of benzene rings is 1. The molecule has 0 atom stereocenters. The van der Waals surface area contributed by atoms with Crippen molar-refractivity contribution in [2.45, 2.75) is 0 Å². The number of fused-ring (bicyclic) bond motifs is 1. The molecule has 1 N–H and O–H groups in total. The topological polar surface area (TPSA) is 28.7 Å². The van der Waals surface area contributed by atoms with Crippen molar-refractivity contribution in [3.63, 3.8) is 0 Å². The van der Waals surface area contributed by atoms with Crippen LogP contribution in [0, 0.1) is 0 Å². The van der Waals surface area contributed by atoms with Crippen LogP contribution in [0.1, 0.15) is 5.56 Å². The van der Waals surface area contributed by atoms with Crippen LogP contribution in [0.25, 0.3) is 17.0 Å². The standard InChI is InChI=1S/C9H8N2/c1-2-7-4-3-5-9-8(7)6-10-11-9/h2-6H,1H2,(H,10,11). The van der Waals surface area contributed by atoms with Gasteiger partial charge in [0, 0.05) is 5.39 Å². The van der Waals surface area contributed by atoms with Crippen LogP contribution in [-0.2, 0) is 0 Å². The van der Waals surface area contributed by atoms with Crippen molar-refractivity contribution in [1.29, 1.82) is 0 Å². The first-order valence-electron chi connectivity index (χ1n) is 3.46. The first-order chi connectivity index (χ1) is 5.42. The zero-order valence-corrected chi connectivity index (χ0v) is 6.04. The number of aromatic nitrogens is 2. The van der Waals surface area contributed by atoms with Crippen molar-refractivity contribution in [2.75, 3.05) is 0 Å². The maximum atomic E-state index is 3.94. The van der Waals surface area contributed by atoms with Gasteiger partial charge in [-0.05, 0) is 11.6 Å². The van der Waals surface area contributed by atoms with Gasteiger partial charge in [0.05, 0.1) is 11.7 Å². The van der Waals surface area contributed by atoms with E-state index in [-0.39, 0.29) is 0 Å². The molecular formula is C9H8N2. The maximum absolute atomic E-state index is 3.94. The van der Waals surface area contributed by atoms with Crippen LogP contribution >= 0.6 is 0 Å². The Hall–Kier alpha value is -1.57. The highest BCUT2D eigenvalue weighted by Crippen LogP contribution is 2.16. The van der Waals surface area contributed by atoms with E-state index in [1.54, 1.807) is 0 Å². The van der Waals surface area contributed by atoms with Gasteiger partial charge in [-0.1, -0.05) is 24.8 Å². The highest BCUT2D eigenvalue weighted by atomic mass is 15.1. The summed E-state index contributed by atoms with van der Waals surface area (Å²) in [4.78, 5) is 0. The molecule has 0 spiro atoms. The molecule has 1 heterocycles. The lowest BCUT2D eigenvalue weighted by Crippen LogP contribution is -1.72. The molecule has 0 saturated carbocycles. The van der Waals surface area contributed by atoms with Crippen LogP contribution in [0.15, 0.2) is 31.0 Å². The Balaban J connectivity index is 2.88. The summed E-state index contributed by atoms with van der Waals surface area (Å²) in [5.41, 5.74) is 2.18. The van der Waals surface area contributed by atoms with E-state index < -0.39 is 0 Å². The van der Waals surface area contributed by atoms with Gasteiger partial charge in [-0.15, -0.1) is 0 Å². The lowest BCUT2D eigenvalue weighted by molar-refractivity contribution is 1.12. The summed E-state index contributed by atoms with van der Waals surface area (Å²) < 4.78 is 0. The highest BCUT2D eigenvalue weighted by Gasteiger charge is 1.96. The van der Waals surface area contributed by atoms with E-state index in [2.05, 4.69) is 16.8 Å². The van der Waals surface area contributed by atoms with Crippen LogP contribution in [-0.4, -0.2) is 10.2 Å². The molecule has 11 heavy (non-hydrogen) atoms. The van der Waals surface area contributed by atoms with Crippen molar-refractivity contribution in [1.82, 2.24) is 10.2 Å². The van der Waals surface area contributed by atoms with E-state index in [0.29, 0.717) is 0 Å². The molecule has 54 valence electrons. The normalized spacial score (nSPS) is 10.2. The number of hydrogen-bond donors (Lipinski definition) is 1. The molecule has 0 bridgehead atoms. The molecule has 2 nitrogen and oxygen atoms in total. The van der Waals surface area contributed by atoms with E-state index in [1.807, 2.05) is 30.5 Å². The van der Waals surface area contributed by atoms with Gasteiger partial charge in [0.2, 0.25) is 0 Å². The van der Waals surface area contributed by atoms with E-state index in [0.717, 1.165) is 16.5 Å². The summed E-state index contributed by atoms with van der Waals surface area (Å²) in [6.45, 7) is 3.72. The third-order valence-corrected chi connectivity index (χ3v) is 1.74. The Morgan fingerprint density at radius 1 is 1.45 bits per heavy atom. The van der Waals surface area contributed by atoms with Gasteiger partial charge in [0.1, 0.15) is 0 Å². The summed E-state index contributed by atoms with van der Waals surface area (Å²) >= 11 is 0. The molecular weight excluding hydrogens is 136 g/mol. The minimum Gasteiger partial charge on any atom is -0.278 e. The van der Waals surface area contributed by atoms with Gasteiger partial charge in [0.25, 0.3) is 0 Å². The first kappa shape index (κ1) is 6.16. The molecule has 0 aliphatic carbocycles. The third kappa shape index (κ3) is 0.835. The maximum Gasteiger partial charge on any atom is 0.0656 e. The van der Waals surface area contributed by atoms with E-state index in [1.165, 1.54) is 0 Å². The van der Waals surface area contributed by atoms with Crippen molar-refractivity contribution in [3.05, 3.63) is 36.5 Å². The summed E-state index contributed by atoms with van der Waals surface area (Å²) in [5.74, 6) is 0. The number of nitrogens with one attached hydrogen (secondary N) is 1. The highest BCUT2D eigenvalue weighted by molar-refractivity contribution is 5.86. The van der Waals surface area contributed by atoms with Crippen molar-refractivity contribution in [2.24, 2.45) is 0 Å². The predicted octanol–water partition coefficient (Wildman–Crippen LogP) is 2.21. The zero-order valence-electron chi connectivity index (χ0n) is 6.04. The number of H-pyrrole nitrogens is 1. The molecule has 1 aromatic carbocycles. The van der Waals surface area contributed by atoms with Crippen molar-refractivity contribution >= 4 is 17.0 Å². The molecule has 0 amide bonds. The van der Waals surface area contributed by atoms with Crippen LogP contribution in [0.4, 0.5) is 0 Å². The smallest absolute Gasteiger partial charge is 0.0656 e. The number of hydrogen-bond acceptors (Lipinski definition) is 1. The van der Waals surface area contributed by atoms with Crippen molar-refractivity contribution < 1.29 is 0 Å². The second-order valence-corrected chi connectivity index (χ2v) is 2.38. The fourth-order valence-electron chi connectivity index (χ4n) is 1.17. The SMILES string of the molecule is C=Cc1cccc2[nH]ncc12. The molecule has 0 saturated heterocycles. The Morgan fingerprint density at radius 2 is 2.36 bits per heavy atom. The molecule has 0 unspecified atom stereocenters. The first-order valence-corrected chi connectivity index (χ1v) is 3.46. The van der Waals surface area contributed by atoms with E-state index in [4.69, 9.17) is 0 Å². The number of aromatic amines is 1. The minimum atomic E-state index is 1.06. The monoisotopic (exact) mass is 144 g/mol. The second kappa shape index (κ2) is 2.23. The molecule has 0 fully saturated rings. The minimum absolute atomic E-state index is 1.06. The number of rotatable bonds is 1. The van der Waals surface area contributed by atoms with Crippen LogP contribution in [0.3, 0.4) is 0 Å². The molecule has 1 aromatic heterocycles. The van der Waals surface area contributed by atoms with Crippen LogP contribution in [0.2, 0.25) is 0 Å². The summed E-state index contributed by atoms with van der Waals surface area (Å²) in [7, 11) is 0. The molecule has 0 aliphatic rings. The lowest BCUT2D eigenvalue weighted by Gasteiger charge is -1.92. The molecule has 2 aromatic rings. The average molecular weight is 144 g/mol. The Bertz CT molecular complexity index is 387. The quantitative estimate of drug-likeness (QED) is 0.653. The van der Waals surface area contributed by atoms with Gasteiger partial charge >= 0.3 is 0 Å². The lowest BCUT2D eigenvalue weighted by atomic mass is 10.1. The van der Waals surface area contributed by atoms with Gasteiger partial charge in [-0.3, -0.25) is 5.10 Å². The molecule has 2 rings (SSSR count). The number of nitrogens with zero attached hydrogens (tertiary/aromatic N) is 1. The van der Waals surface area contributed by atoms with E-state index >= 15 is 0 Å². The average Bonchev–Trinajstić information content (AvgIpc) is 2.50. The predicted molar refractivity (Wildman–Crippen MR) is 46.2 cm³/mol. The van der Waals surface area contributed by atoms with Gasteiger partial charge in [0.15, 0.2) is 0 Å². The second-order valence-electron chi connectivity index (χ2n) is 2.38. The Morgan fingerprint density at radius 3 is 3.18 bits per heavy atom. The summed E-state index contributed by atoms with van der Waals surface area (Å²) in [6, 6.07) is 6.00. The Kier molecular flexibility index (Phi) is 1.25. The van der Waals surface area contributed by atoms with Crippen LogP contribution in [0.5, 0.6) is 0 Å². The fraction of sp³-hybridized carbons (Fsp3) is 0. The van der Waals surface area contributed by atoms with Gasteiger partial charge in [-0.2, -0.15) is 5.10 Å². The largest absolute Gasteiger partial charge is 0.278 e. The van der Waals surface area contributed by atoms with E-state index in [9.17, 15) is 0 Å². The van der Waals surface area contributed by atoms with Gasteiger partial charge < -0.3 is 0 Å². The third-order valence-electron chi connectivity index (χ3n) is 1.74. The van der Waals surface area contributed by atoms with Crippen molar-refractivity contribution in [3.8, 4) is 0 Å². The fourth-order valence-corrected chi connectivity index (χ4v) is 1.17. The molecule has 0 radical (unpaired) electrons. The van der Waals surface area contributed by atoms with Gasteiger partial charge in [-0.25, -0.2) is 0 Å².